The summed E-state index contributed by atoms with van der Waals surface area (Å²) in [6, 6.07) is -0.367. The summed E-state index contributed by atoms with van der Waals surface area (Å²) in [5, 5.41) is 24.0. The molecule has 0 aromatic heterocycles. The molecular weight excluding hydrogens is 482 g/mol. The van der Waals surface area contributed by atoms with Gasteiger partial charge in [-0.05, 0) is 25.3 Å². The zero-order chi connectivity index (χ0) is 27.3. The van der Waals surface area contributed by atoms with Gasteiger partial charge in [0, 0.05) is 61.6 Å². The first kappa shape index (κ1) is 27.1. The molecule has 3 aliphatic carbocycles. The second-order valence-corrected chi connectivity index (χ2v) is 10.7. The Balaban J connectivity index is 1.98. The van der Waals surface area contributed by atoms with Crippen LogP contribution in [0.25, 0.3) is 0 Å². The highest BCUT2D eigenvalue weighted by atomic mass is 16.6. The van der Waals surface area contributed by atoms with E-state index < -0.39 is 52.4 Å². The highest BCUT2D eigenvalue weighted by molar-refractivity contribution is 6.14. The lowest BCUT2D eigenvalue weighted by molar-refractivity contribution is -0.160. The standard InChI is InChI=1S/C27H35NO9/c1-6-14(11-29)28-10-15-21-24(33)23(32)20-16-7-8-18(31)26(16,3)9-17(36-13(2)30)22(20)27(21,4)19(12-35-5)37-25(15)34/h10,14,16-17,19,28-29,33H,6-9,11-12H2,1-5H3/b15-10-/t14?,16-,17+,19+,26-,27-/m0/s1. The molecule has 4 rings (SSSR count). The van der Waals surface area contributed by atoms with Gasteiger partial charge in [-0.2, -0.15) is 0 Å². The summed E-state index contributed by atoms with van der Waals surface area (Å²) < 4.78 is 16.9. The molecule has 0 aromatic rings. The number of rotatable bonds is 7. The van der Waals surface area contributed by atoms with Gasteiger partial charge in [0.25, 0.3) is 0 Å². The number of allylic oxidation sites excluding steroid dienone is 1. The highest BCUT2D eigenvalue weighted by Gasteiger charge is 2.64. The average Bonchev–Trinajstić information content (AvgIpc) is 3.13. The number of ether oxygens (including phenoxy) is 3. The lowest BCUT2D eigenvalue weighted by Crippen LogP contribution is -2.57. The van der Waals surface area contributed by atoms with E-state index in [2.05, 4.69) is 5.32 Å². The summed E-state index contributed by atoms with van der Waals surface area (Å²) >= 11 is 0. The summed E-state index contributed by atoms with van der Waals surface area (Å²) in [6.07, 6.45) is 0.901. The molecule has 1 heterocycles. The number of esters is 2. The number of carbonyl (C=O) groups is 4. The quantitative estimate of drug-likeness (QED) is 0.337. The first-order valence-electron chi connectivity index (χ1n) is 12.7. The van der Waals surface area contributed by atoms with Gasteiger partial charge in [-0.1, -0.05) is 13.8 Å². The van der Waals surface area contributed by atoms with E-state index in [0.29, 0.717) is 18.4 Å². The Hall–Kier alpha value is -2.98. The number of carbonyl (C=O) groups excluding carboxylic acids is 4. The van der Waals surface area contributed by atoms with Crippen molar-refractivity contribution in [2.75, 3.05) is 20.3 Å². The smallest absolute Gasteiger partial charge is 0.340 e. The lowest BCUT2D eigenvalue weighted by atomic mass is 9.53. The van der Waals surface area contributed by atoms with Crippen molar-refractivity contribution >= 4 is 23.5 Å². The van der Waals surface area contributed by atoms with Crippen molar-refractivity contribution in [2.24, 2.45) is 16.7 Å². The first-order chi connectivity index (χ1) is 17.4. The maximum absolute atomic E-state index is 13.9. The van der Waals surface area contributed by atoms with E-state index in [1.54, 1.807) is 13.8 Å². The molecule has 2 fully saturated rings. The fourth-order valence-electron chi connectivity index (χ4n) is 6.60. The Kier molecular flexibility index (Phi) is 7.11. The van der Waals surface area contributed by atoms with E-state index in [-0.39, 0.29) is 54.6 Å². The minimum atomic E-state index is -1.29. The molecule has 1 aliphatic heterocycles. The molecule has 1 saturated carbocycles. The second kappa shape index (κ2) is 9.72. The van der Waals surface area contributed by atoms with Crippen LogP contribution in [0.3, 0.4) is 0 Å². The first-order valence-corrected chi connectivity index (χ1v) is 12.7. The van der Waals surface area contributed by atoms with Crippen molar-refractivity contribution in [2.45, 2.75) is 71.6 Å². The molecule has 202 valence electrons. The number of methoxy groups -OCH3 is 1. The largest absolute Gasteiger partial charge is 0.504 e. The number of Topliss-reactive ketones (excluding diaryl/α,β-unsaturated/α-hetero) is 2. The van der Waals surface area contributed by atoms with Crippen molar-refractivity contribution in [3.05, 3.63) is 34.3 Å². The molecule has 0 spiro atoms. The maximum Gasteiger partial charge on any atom is 0.340 e. The average molecular weight is 518 g/mol. The third-order valence-electron chi connectivity index (χ3n) is 8.60. The zero-order valence-corrected chi connectivity index (χ0v) is 21.9. The molecule has 1 unspecified atom stereocenters. The van der Waals surface area contributed by atoms with Crippen LogP contribution in [-0.4, -0.2) is 72.3 Å². The van der Waals surface area contributed by atoms with Gasteiger partial charge in [0.15, 0.2) is 5.76 Å². The van der Waals surface area contributed by atoms with E-state index in [0.717, 1.165) is 0 Å². The monoisotopic (exact) mass is 517 g/mol. The van der Waals surface area contributed by atoms with Crippen LogP contribution < -0.4 is 5.32 Å². The second-order valence-electron chi connectivity index (χ2n) is 10.7. The fourth-order valence-corrected chi connectivity index (χ4v) is 6.60. The van der Waals surface area contributed by atoms with Crippen LogP contribution in [0.1, 0.15) is 53.4 Å². The van der Waals surface area contributed by atoms with Gasteiger partial charge in [0.1, 0.15) is 18.0 Å². The van der Waals surface area contributed by atoms with Gasteiger partial charge < -0.3 is 29.7 Å². The van der Waals surface area contributed by atoms with Crippen LogP contribution >= 0.6 is 0 Å². The molecule has 1 saturated heterocycles. The Morgan fingerprint density at radius 3 is 2.59 bits per heavy atom. The maximum atomic E-state index is 13.9. The molecule has 10 nitrogen and oxygen atoms in total. The molecule has 10 heteroatoms. The third kappa shape index (κ3) is 4.01. The molecular formula is C27H35NO9. The summed E-state index contributed by atoms with van der Waals surface area (Å²) in [5.74, 6) is -3.12. The van der Waals surface area contributed by atoms with Gasteiger partial charge in [0.05, 0.1) is 24.2 Å². The van der Waals surface area contributed by atoms with E-state index in [1.165, 1.54) is 20.2 Å². The van der Waals surface area contributed by atoms with Crippen molar-refractivity contribution < 1.29 is 43.6 Å². The Labute approximate surface area is 215 Å². The highest BCUT2D eigenvalue weighted by Crippen LogP contribution is 2.62. The summed E-state index contributed by atoms with van der Waals surface area (Å²) in [7, 11) is 1.45. The molecule has 0 bridgehead atoms. The normalized spacial score (nSPS) is 35.1. The van der Waals surface area contributed by atoms with Crippen molar-refractivity contribution in [1.29, 1.82) is 0 Å². The van der Waals surface area contributed by atoms with Crippen molar-refractivity contribution in [1.82, 2.24) is 5.32 Å². The number of cyclic esters (lactones) is 1. The topological polar surface area (TPSA) is 148 Å². The molecule has 37 heavy (non-hydrogen) atoms. The van der Waals surface area contributed by atoms with E-state index in [9.17, 15) is 29.4 Å². The van der Waals surface area contributed by atoms with Crippen LogP contribution in [0.15, 0.2) is 34.3 Å². The Bertz CT molecular complexity index is 1130. The fraction of sp³-hybridized carbons (Fsp3) is 0.630. The molecule has 0 amide bonds. The summed E-state index contributed by atoms with van der Waals surface area (Å²) in [5.41, 5.74) is -1.54. The van der Waals surface area contributed by atoms with Crippen molar-refractivity contribution in [3.8, 4) is 0 Å². The van der Waals surface area contributed by atoms with Gasteiger partial charge in [-0.25, -0.2) is 4.79 Å². The number of nitrogens with one attached hydrogen (secondary N) is 1. The number of fused-ring (bicyclic) bond motifs is 4. The van der Waals surface area contributed by atoms with Crippen LogP contribution in [0.5, 0.6) is 0 Å². The van der Waals surface area contributed by atoms with Crippen LogP contribution in [0, 0.1) is 16.7 Å². The molecule has 0 aromatic carbocycles. The van der Waals surface area contributed by atoms with Gasteiger partial charge in [-0.15, -0.1) is 0 Å². The zero-order valence-electron chi connectivity index (χ0n) is 21.9. The number of hydrogen-bond donors (Lipinski definition) is 3. The Morgan fingerprint density at radius 1 is 1.30 bits per heavy atom. The van der Waals surface area contributed by atoms with Crippen LogP contribution in [0.2, 0.25) is 0 Å². The van der Waals surface area contributed by atoms with E-state index in [1.807, 2.05) is 6.92 Å². The number of aliphatic hydroxyl groups is 2. The van der Waals surface area contributed by atoms with E-state index >= 15 is 0 Å². The number of hydrogen-bond acceptors (Lipinski definition) is 10. The predicted octanol–water partition coefficient (Wildman–Crippen LogP) is 1.82. The SMILES string of the molecule is CCC(CO)N/C=C1\C(=O)O[C@H](COC)[C@@]2(C)C1=C(O)C(=O)C1=C2[C@H](OC(C)=O)C[C@]2(C)C(=O)CC[C@@H]12. The van der Waals surface area contributed by atoms with Gasteiger partial charge >= 0.3 is 11.9 Å². The minimum Gasteiger partial charge on any atom is -0.504 e. The van der Waals surface area contributed by atoms with Crippen LogP contribution in [-0.2, 0) is 33.4 Å². The van der Waals surface area contributed by atoms with Gasteiger partial charge in [-0.3, -0.25) is 14.4 Å². The molecule has 3 N–H and O–H groups in total. The summed E-state index contributed by atoms with van der Waals surface area (Å²) in [6.45, 7) is 6.39. The lowest BCUT2D eigenvalue weighted by Gasteiger charge is -2.53. The van der Waals surface area contributed by atoms with E-state index in [4.69, 9.17) is 14.2 Å². The molecule has 6 atom stereocenters. The number of ketones is 2. The predicted molar refractivity (Wildman–Crippen MR) is 130 cm³/mol. The minimum absolute atomic E-state index is 0.0173. The summed E-state index contributed by atoms with van der Waals surface area (Å²) in [4.78, 5) is 52.2. The van der Waals surface area contributed by atoms with Gasteiger partial charge in [0.2, 0.25) is 5.78 Å². The Morgan fingerprint density at radius 2 is 2.00 bits per heavy atom. The molecule has 4 aliphatic rings. The van der Waals surface area contributed by atoms with Crippen LogP contribution in [0.4, 0.5) is 0 Å². The molecule has 0 radical (unpaired) electrons. The number of aliphatic hydroxyl groups excluding tert-OH is 2. The van der Waals surface area contributed by atoms with Crippen molar-refractivity contribution in [3.63, 3.8) is 0 Å². The third-order valence-corrected chi connectivity index (χ3v) is 8.60.